The van der Waals surface area contributed by atoms with Crippen LogP contribution >= 0.6 is 23.2 Å². The van der Waals surface area contributed by atoms with Gasteiger partial charge in [-0.3, -0.25) is 4.79 Å². The molecular formula is C24H24Cl2N2O2. The highest BCUT2D eigenvalue weighted by Gasteiger charge is 2.53. The molecule has 0 aliphatic carbocycles. The van der Waals surface area contributed by atoms with Gasteiger partial charge in [-0.25, -0.2) is 0 Å². The lowest BCUT2D eigenvalue weighted by Crippen LogP contribution is -2.44. The summed E-state index contributed by atoms with van der Waals surface area (Å²) in [5, 5.41) is 14.5. The van der Waals surface area contributed by atoms with Gasteiger partial charge < -0.3 is 14.9 Å². The summed E-state index contributed by atoms with van der Waals surface area (Å²) in [4.78, 5) is 17.6. The summed E-state index contributed by atoms with van der Waals surface area (Å²) in [5.41, 5.74) is -0.378. The van der Waals surface area contributed by atoms with Gasteiger partial charge in [0, 0.05) is 29.2 Å². The van der Waals surface area contributed by atoms with E-state index in [4.69, 9.17) is 23.2 Å². The molecule has 0 bridgehead atoms. The van der Waals surface area contributed by atoms with Crippen molar-refractivity contribution in [3.8, 4) is 0 Å². The van der Waals surface area contributed by atoms with Gasteiger partial charge in [-0.15, -0.1) is 0 Å². The fourth-order valence-electron chi connectivity index (χ4n) is 4.34. The van der Waals surface area contributed by atoms with E-state index in [1.165, 1.54) is 0 Å². The largest absolute Gasteiger partial charge is 0.372 e. The van der Waals surface area contributed by atoms with Crippen LogP contribution in [0.2, 0.25) is 10.0 Å². The first-order chi connectivity index (χ1) is 14.4. The quantitative estimate of drug-likeness (QED) is 0.579. The molecule has 0 saturated carbocycles. The molecule has 1 amide bonds. The molecule has 1 heterocycles. The Morgan fingerprint density at radius 2 is 1.73 bits per heavy atom. The molecule has 0 aromatic heterocycles. The van der Waals surface area contributed by atoms with E-state index >= 15 is 0 Å². The van der Waals surface area contributed by atoms with Crippen LogP contribution in [0.3, 0.4) is 0 Å². The molecule has 0 radical (unpaired) electrons. The van der Waals surface area contributed by atoms with Crippen molar-refractivity contribution in [3.05, 3.63) is 75.8 Å². The van der Waals surface area contributed by atoms with E-state index in [2.05, 4.69) is 18.7 Å². The van der Waals surface area contributed by atoms with Crippen LogP contribution in [0, 0.1) is 0 Å². The average Bonchev–Trinajstić information content (AvgIpc) is 2.96. The highest BCUT2D eigenvalue weighted by Crippen LogP contribution is 2.50. The minimum Gasteiger partial charge on any atom is -0.372 e. The van der Waals surface area contributed by atoms with Gasteiger partial charge in [0.1, 0.15) is 0 Å². The van der Waals surface area contributed by atoms with Gasteiger partial charge in [-0.1, -0.05) is 79.5 Å². The Kier molecular flexibility index (Phi) is 5.78. The number of likely N-dealkylation sites (N-methyl/N-ethyl adjacent to an activating group) is 1. The monoisotopic (exact) mass is 442 g/mol. The van der Waals surface area contributed by atoms with Crippen LogP contribution in [-0.4, -0.2) is 42.1 Å². The fraction of sp³-hybridized carbons (Fsp3) is 0.292. The zero-order valence-corrected chi connectivity index (χ0v) is 18.5. The van der Waals surface area contributed by atoms with E-state index in [-0.39, 0.29) is 5.02 Å². The summed E-state index contributed by atoms with van der Waals surface area (Å²) in [7, 11) is 0. The van der Waals surface area contributed by atoms with Gasteiger partial charge in [-0.05, 0) is 36.0 Å². The van der Waals surface area contributed by atoms with Gasteiger partial charge in [0.2, 0.25) is 0 Å². The zero-order chi connectivity index (χ0) is 21.5. The van der Waals surface area contributed by atoms with E-state index in [1.807, 2.05) is 36.4 Å². The number of carbonyl (C=O) groups excluding carboxylic acids is 1. The van der Waals surface area contributed by atoms with Crippen LogP contribution in [0.4, 0.5) is 5.69 Å². The highest BCUT2D eigenvalue weighted by atomic mass is 35.5. The number of fused-ring (bicyclic) bond motifs is 2. The van der Waals surface area contributed by atoms with Crippen LogP contribution in [0.15, 0.2) is 54.6 Å². The maximum atomic E-state index is 13.7. The number of halogens is 2. The lowest BCUT2D eigenvalue weighted by atomic mass is 9.84. The number of anilines is 1. The molecule has 1 atom stereocenters. The third-order valence-corrected chi connectivity index (χ3v) is 6.47. The highest BCUT2D eigenvalue weighted by molar-refractivity contribution is 6.37. The number of carbonyl (C=O) groups is 1. The molecule has 1 N–H and O–H groups in total. The predicted octanol–water partition coefficient (Wildman–Crippen LogP) is 5.07. The molecular weight excluding hydrogens is 419 g/mol. The maximum Gasteiger partial charge on any atom is 0.268 e. The fourth-order valence-corrected chi connectivity index (χ4v) is 4.96. The van der Waals surface area contributed by atoms with Crippen molar-refractivity contribution in [3.63, 3.8) is 0 Å². The number of benzene rings is 3. The Morgan fingerprint density at radius 3 is 2.47 bits per heavy atom. The summed E-state index contributed by atoms with van der Waals surface area (Å²) in [6.07, 6.45) is 0. The van der Waals surface area contributed by atoms with Crippen LogP contribution in [0.1, 0.15) is 25.0 Å². The Balaban J connectivity index is 1.90. The van der Waals surface area contributed by atoms with Crippen molar-refractivity contribution in [2.24, 2.45) is 0 Å². The molecule has 0 fully saturated rings. The standard InChI is InChI=1S/C24H24Cl2N2O2/c1-3-27(4-2)12-13-28-21-15-17(25)14-20(26)22(21)24(30,23(28)29)19-11-7-9-16-8-5-6-10-18(16)19/h5-11,14-15,30H,3-4,12-13H2,1-2H3. The predicted molar refractivity (Wildman–Crippen MR) is 124 cm³/mol. The molecule has 156 valence electrons. The first-order valence-corrected chi connectivity index (χ1v) is 10.9. The van der Waals surface area contributed by atoms with Crippen LogP contribution < -0.4 is 4.90 Å². The molecule has 4 rings (SSSR count). The average molecular weight is 443 g/mol. The van der Waals surface area contributed by atoms with Crippen LogP contribution in [0.25, 0.3) is 10.8 Å². The van der Waals surface area contributed by atoms with E-state index in [9.17, 15) is 9.90 Å². The summed E-state index contributed by atoms with van der Waals surface area (Å²) in [6, 6.07) is 16.6. The van der Waals surface area contributed by atoms with Gasteiger partial charge >= 0.3 is 0 Å². The van der Waals surface area contributed by atoms with Gasteiger partial charge in [0.25, 0.3) is 5.91 Å². The Hall–Kier alpha value is -2.11. The maximum absolute atomic E-state index is 13.7. The normalized spacial score (nSPS) is 18.5. The van der Waals surface area contributed by atoms with Crippen molar-refractivity contribution in [2.75, 3.05) is 31.1 Å². The first kappa shape index (κ1) is 21.1. The second-order valence-electron chi connectivity index (χ2n) is 7.50. The summed E-state index contributed by atoms with van der Waals surface area (Å²) in [5.74, 6) is -0.398. The summed E-state index contributed by atoms with van der Waals surface area (Å²) < 4.78 is 0. The number of nitrogens with zero attached hydrogens (tertiary/aromatic N) is 2. The van der Waals surface area contributed by atoms with Gasteiger partial charge in [0.15, 0.2) is 5.60 Å². The number of aliphatic hydroxyl groups is 1. The van der Waals surface area contributed by atoms with E-state index < -0.39 is 11.5 Å². The molecule has 4 nitrogen and oxygen atoms in total. The second kappa shape index (κ2) is 8.20. The van der Waals surface area contributed by atoms with Crippen molar-refractivity contribution in [1.82, 2.24) is 4.90 Å². The molecule has 3 aromatic carbocycles. The van der Waals surface area contributed by atoms with Crippen LogP contribution in [-0.2, 0) is 10.4 Å². The van der Waals surface area contributed by atoms with E-state index in [1.54, 1.807) is 23.1 Å². The molecule has 3 aromatic rings. The number of hydrogen-bond acceptors (Lipinski definition) is 3. The van der Waals surface area contributed by atoms with Gasteiger partial charge in [0.05, 0.1) is 10.7 Å². The zero-order valence-electron chi connectivity index (χ0n) is 17.0. The number of hydrogen-bond donors (Lipinski definition) is 1. The number of amides is 1. The smallest absolute Gasteiger partial charge is 0.268 e. The van der Waals surface area contributed by atoms with Crippen molar-refractivity contribution < 1.29 is 9.90 Å². The molecule has 0 spiro atoms. The van der Waals surface area contributed by atoms with E-state index in [0.29, 0.717) is 34.9 Å². The molecule has 6 heteroatoms. The topological polar surface area (TPSA) is 43.8 Å². The van der Waals surface area contributed by atoms with Crippen LogP contribution in [0.5, 0.6) is 0 Å². The summed E-state index contributed by atoms with van der Waals surface area (Å²) in [6.45, 7) is 7.07. The molecule has 1 aliphatic rings. The molecule has 0 saturated heterocycles. The van der Waals surface area contributed by atoms with E-state index in [0.717, 1.165) is 23.9 Å². The molecule has 1 aliphatic heterocycles. The molecule has 1 unspecified atom stereocenters. The van der Waals surface area contributed by atoms with Gasteiger partial charge in [-0.2, -0.15) is 0 Å². The molecule has 30 heavy (non-hydrogen) atoms. The van der Waals surface area contributed by atoms with Crippen molar-refractivity contribution >= 4 is 45.6 Å². The minimum absolute atomic E-state index is 0.284. The Bertz CT molecular complexity index is 1110. The lowest BCUT2D eigenvalue weighted by Gasteiger charge is -2.27. The first-order valence-electron chi connectivity index (χ1n) is 10.2. The Labute approximate surface area is 186 Å². The summed E-state index contributed by atoms with van der Waals surface area (Å²) >= 11 is 12.9. The SMILES string of the molecule is CCN(CC)CCN1C(=O)C(O)(c2cccc3ccccc23)c2c(Cl)cc(Cl)cc21. The lowest BCUT2D eigenvalue weighted by molar-refractivity contribution is -0.132. The second-order valence-corrected chi connectivity index (χ2v) is 8.35. The van der Waals surface area contributed by atoms with Crippen molar-refractivity contribution in [1.29, 1.82) is 0 Å². The van der Waals surface area contributed by atoms with Crippen molar-refractivity contribution in [2.45, 2.75) is 19.4 Å². The third-order valence-electron chi connectivity index (χ3n) is 5.96. The minimum atomic E-state index is -1.87. The Morgan fingerprint density at radius 1 is 1.03 bits per heavy atom. The third kappa shape index (κ3) is 3.28. The number of rotatable bonds is 6.